The largest absolute Gasteiger partial charge is 0.322 e. The van der Waals surface area contributed by atoms with Gasteiger partial charge in [0.15, 0.2) is 0 Å². The molecule has 2 aromatic heterocycles. The molecule has 2 heterocycles. The first kappa shape index (κ1) is 15.0. The molecule has 0 atom stereocenters. The number of H-pyrrole nitrogens is 1. The Morgan fingerprint density at radius 2 is 2.00 bits per heavy atom. The summed E-state index contributed by atoms with van der Waals surface area (Å²) in [6.07, 6.45) is 1.64. The lowest BCUT2D eigenvalue weighted by Gasteiger charge is -2.07. The molecule has 6 heteroatoms. The summed E-state index contributed by atoms with van der Waals surface area (Å²) in [5, 5.41) is 14.3. The molecule has 0 bridgehead atoms. The summed E-state index contributed by atoms with van der Waals surface area (Å²) in [5.41, 5.74) is 4.73. The maximum Gasteiger partial charge on any atom is 0.255 e. The molecule has 0 aliphatic rings. The van der Waals surface area contributed by atoms with Gasteiger partial charge in [-0.05, 0) is 43.3 Å². The summed E-state index contributed by atoms with van der Waals surface area (Å²) in [4.78, 5) is 17.0. The van der Waals surface area contributed by atoms with Crippen molar-refractivity contribution in [1.29, 1.82) is 0 Å². The van der Waals surface area contributed by atoms with Gasteiger partial charge >= 0.3 is 0 Å². The van der Waals surface area contributed by atoms with Crippen LogP contribution in [0.15, 0.2) is 60.8 Å². The van der Waals surface area contributed by atoms with Crippen LogP contribution in [0.3, 0.4) is 0 Å². The van der Waals surface area contributed by atoms with Gasteiger partial charge in [0.05, 0.1) is 11.7 Å². The molecule has 4 aromatic rings. The zero-order valence-corrected chi connectivity index (χ0v) is 13.5. The van der Waals surface area contributed by atoms with Gasteiger partial charge in [-0.3, -0.25) is 9.78 Å². The zero-order valence-electron chi connectivity index (χ0n) is 13.5. The fraction of sp³-hybridized carbons (Fsp3) is 0.0526. The second kappa shape index (κ2) is 6.16. The minimum Gasteiger partial charge on any atom is -0.322 e. The van der Waals surface area contributed by atoms with Gasteiger partial charge < -0.3 is 5.32 Å². The van der Waals surface area contributed by atoms with Crippen LogP contribution in [-0.2, 0) is 0 Å². The minimum atomic E-state index is -0.167. The number of aromatic nitrogens is 4. The molecule has 25 heavy (non-hydrogen) atoms. The van der Waals surface area contributed by atoms with Crippen LogP contribution >= 0.6 is 0 Å². The van der Waals surface area contributed by atoms with Crippen molar-refractivity contribution < 1.29 is 4.79 Å². The Balaban J connectivity index is 1.60. The van der Waals surface area contributed by atoms with Crippen LogP contribution in [0, 0.1) is 6.92 Å². The van der Waals surface area contributed by atoms with Crippen molar-refractivity contribution in [3.05, 3.63) is 72.1 Å². The Labute approximate surface area is 143 Å². The minimum absolute atomic E-state index is 0.167. The SMILES string of the molecule is Cc1ccc2cc(C(=O)Nc3cccc(-c4cn[nH]n4)c3)ccc2n1. The molecule has 0 fully saturated rings. The zero-order chi connectivity index (χ0) is 17.2. The van der Waals surface area contributed by atoms with E-state index >= 15 is 0 Å². The molecular formula is C19H15N5O. The number of hydrogen-bond acceptors (Lipinski definition) is 4. The lowest BCUT2D eigenvalue weighted by atomic mass is 10.1. The molecule has 4 rings (SSSR count). The van der Waals surface area contributed by atoms with Gasteiger partial charge in [0.25, 0.3) is 5.91 Å². The van der Waals surface area contributed by atoms with Crippen molar-refractivity contribution in [3.8, 4) is 11.3 Å². The van der Waals surface area contributed by atoms with E-state index in [9.17, 15) is 4.79 Å². The first-order valence-corrected chi connectivity index (χ1v) is 7.84. The highest BCUT2D eigenvalue weighted by Crippen LogP contribution is 2.21. The van der Waals surface area contributed by atoms with E-state index in [1.165, 1.54) is 0 Å². The first-order chi connectivity index (χ1) is 12.2. The van der Waals surface area contributed by atoms with Crippen molar-refractivity contribution >= 4 is 22.5 Å². The third-order valence-electron chi connectivity index (χ3n) is 3.92. The maximum absolute atomic E-state index is 12.6. The number of amides is 1. The summed E-state index contributed by atoms with van der Waals surface area (Å²) < 4.78 is 0. The Hall–Kier alpha value is -3.54. The summed E-state index contributed by atoms with van der Waals surface area (Å²) in [7, 11) is 0. The summed E-state index contributed by atoms with van der Waals surface area (Å²) >= 11 is 0. The Bertz CT molecular complexity index is 1060. The highest BCUT2D eigenvalue weighted by Gasteiger charge is 2.09. The van der Waals surface area contributed by atoms with Crippen LogP contribution < -0.4 is 5.32 Å². The quantitative estimate of drug-likeness (QED) is 0.602. The monoisotopic (exact) mass is 329 g/mol. The van der Waals surface area contributed by atoms with Crippen LogP contribution in [0.1, 0.15) is 16.1 Å². The number of carbonyl (C=O) groups excluding carboxylic acids is 1. The van der Waals surface area contributed by atoms with Gasteiger partial charge in [-0.25, -0.2) is 0 Å². The van der Waals surface area contributed by atoms with Crippen LogP contribution in [0.4, 0.5) is 5.69 Å². The number of anilines is 1. The van der Waals surface area contributed by atoms with Gasteiger partial charge in [0, 0.05) is 27.9 Å². The number of rotatable bonds is 3. The summed E-state index contributed by atoms with van der Waals surface area (Å²) in [6.45, 7) is 1.95. The highest BCUT2D eigenvalue weighted by molar-refractivity contribution is 6.06. The number of benzene rings is 2. The van der Waals surface area contributed by atoms with Gasteiger partial charge in [0.2, 0.25) is 0 Å². The average molecular weight is 329 g/mol. The fourth-order valence-corrected chi connectivity index (χ4v) is 2.67. The molecular weight excluding hydrogens is 314 g/mol. The number of fused-ring (bicyclic) bond motifs is 1. The van der Waals surface area contributed by atoms with E-state index in [0.717, 1.165) is 27.9 Å². The number of nitrogens with zero attached hydrogens (tertiary/aromatic N) is 3. The molecule has 2 N–H and O–H groups in total. The van der Waals surface area contributed by atoms with Crippen molar-refractivity contribution in [3.63, 3.8) is 0 Å². The molecule has 1 amide bonds. The van der Waals surface area contributed by atoms with E-state index in [1.54, 1.807) is 12.3 Å². The van der Waals surface area contributed by atoms with Crippen molar-refractivity contribution in [2.24, 2.45) is 0 Å². The molecule has 0 saturated carbocycles. The molecule has 0 radical (unpaired) electrons. The molecule has 0 saturated heterocycles. The molecule has 0 aliphatic heterocycles. The van der Waals surface area contributed by atoms with Gasteiger partial charge in [0.1, 0.15) is 5.69 Å². The van der Waals surface area contributed by atoms with Crippen LogP contribution in [0.25, 0.3) is 22.2 Å². The lowest BCUT2D eigenvalue weighted by molar-refractivity contribution is 0.102. The Morgan fingerprint density at radius 3 is 2.84 bits per heavy atom. The smallest absolute Gasteiger partial charge is 0.255 e. The van der Waals surface area contributed by atoms with E-state index in [-0.39, 0.29) is 5.91 Å². The second-order valence-corrected chi connectivity index (χ2v) is 5.75. The topological polar surface area (TPSA) is 83.6 Å². The van der Waals surface area contributed by atoms with Crippen LogP contribution in [-0.4, -0.2) is 26.3 Å². The standard InChI is InChI=1S/C19H15N5O/c1-12-5-6-14-9-15(7-8-17(14)21-12)19(25)22-16-4-2-3-13(10-16)18-11-20-24-23-18/h2-11H,1H3,(H,22,25)(H,20,23,24). The average Bonchev–Trinajstić information content (AvgIpc) is 3.16. The number of aryl methyl sites for hydroxylation is 1. The maximum atomic E-state index is 12.6. The summed E-state index contributed by atoms with van der Waals surface area (Å²) in [6, 6.07) is 16.9. The predicted molar refractivity (Wildman–Crippen MR) is 96.3 cm³/mol. The van der Waals surface area contributed by atoms with Gasteiger partial charge in [-0.2, -0.15) is 15.4 Å². The molecule has 122 valence electrons. The normalized spacial score (nSPS) is 10.8. The molecule has 0 aliphatic carbocycles. The fourth-order valence-electron chi connectivity index (χ4n) is 2.67. The van der Waals surface area contributed by atoms with E-state index < -0.39 is 0 Å². The van der Waals surface area contributed by atoms with E-state index in [2.05, 4.69) is 25.7 Å². The second-order valence-electron chi connectivity index (χ2n) is 5.75. The summed E-state index contributed by atoms with van der Waals surface area (Å²) in [5.74, 6) is -0.167. The number of aromatic amines is 1. The predicted octanol–water partition coefficient (Wildman–Crippen LogP) is 3.58. The first-order valence-electron chi connectivity index (χ1n) is 7.84. The number of hydrogen-bond donors (Lipinski definition) is 2. The van der Waals surface area contributed by atoms with Gasteiger partial charge in [-0.15, -0.1) is 0 Å². The highest BCUT2D eigenvalue weighted by atomic mass is 16.1. The van der Waals surface area contributed by atoms with E-state index in [1.807, 2.05) is 55.5 Å². The third kappa shape index (κ3) is 3.10. The molecule has 0 unspecified atom stereocenters. The van der Waals surface area contributed by atoms with Crippen molar-refractivity contribution in [2.75, 3.05) is 5.32 Å². The van der Waals surface area contributed by atoms with Crippen molar-refractivity contribution in [1.82, 2.24) is 20.4 Å². The number of carbonyl (C=O) groups is 1. The Kier molecular flexibility index (Phi) is 3.70. The molecule has 2 aromatic carbocycles. The van der Waals surface area contributed by atoms with Crippen molar-refractivity contribution in [2.45, 2.75) is 6.92 Å². The van der Waals surface area contributed by atoms with Crippen LogP contribution in [0.5, 0.6) is 0 Å². The van der Waals surface area contributed by atoms with Gasteiger partial charge in [-0.1, -0.05) is 18.2 Å². The molecule has 0 spiro atoms. The number of nitrogens with one attached hydrogen (secondary N) is 2. The van der Waals surface area contributed by atoms with E-state index in [0.29, 0.717) is 11.3 Å². The van der Waals surface area contributed by atoms with Crippen LogP contribution in [0.2, 0.25) is 0 Å². The van der Waals surface area contributed by atoms with E-state index in [4.69, 9.17) is 0 Å². The number of pyridine rings is 1. The Morgan fingerprint density at radius 1 is 1.08 bits per heavy atom. The molecule has 6 nitrogen and oxygen atoms in total. The lowest BCUT2D eigenvalue weighted by Crippen LogP contribution is -2.11. The third-order valence-corrected chi connectivity index (χ3v) is 3.92.